The number of nitrogens with one attached hydrogen (secondary N) is 1. The van der Waals surface area contributed by atoms with Crippen molar-refractivity contribution in [3.05, 3.63) is 53.1 Å². The molecule has 1 aromatic heterocycles. The fourth-order valence-electron chi connectivity index (χ4n) is 1.59. The number of amides is 1. The topological polar surface area (TPSA) is 54.9 Å². The number of rotatable bonds is 2. The molecule has 0 unspecified atom stereocenters. The molecular weight excluding hydrogens is 226 g/mol. The van der Waals surface area contributed by atoms with Gasteiger partial charge >= 0.3 is 0 Å². The molecule has 0 bridgehead atoms. The highest BCUT2D eigenvalue weighted by atomic mass is 16.1. The third-order valence-corrected chi connectivity index (χ3v) is 2.90. The molecule has 1 amide bonds. The highest BCUT2D eigenvalue weighted by Crippen LogP contribution is 2.18. The highest BCUT2D eigenvalue weighted by Gasteiger charge is 2.09. The molecule has 92 valence electrons. The Balaban J connectivity index is 2.21. The van der Waals surface area contributed by atoms with Crippen LogP contribution in [0, 0.1) is 20.8 Å². The third kappa shape index (κ3) is 2.53. The molecule has 0 spiro atoms. The average Bonchev–Trinajstić information content (AvgIpc) is 2.36. The molecule has 1 aromatic carbocycles. The van der Waals surface area contributed by atoms with E-state index in [1.54, 1.807) is 6.92 Å². The van der Waals surface area contributed by atoms with Gasteiger partial charge in [-0.15, -0.1) is 0 Å². The second kappa shape index (κ2) is 4.96. The molecule has 0 saturated heterocycles. The molecule has 0 aliphatic heterocycles. The van der Waals surface area contributed by atoms with Crippen LogP contribution >= 0.6 is 0 Å². The van der Waals surface area contributed by atoms with Gasteiger partial charge in [-0.3, -0.25) is 4.79 Å². The first-order valence-corrected chi connectivity index (χ1v) is 5.74. The van der Waals surface area contributed by atoms with Gasteiger partial charge in [0.25, 0.3) is 5.91 Å². The van der Waals surface area contributed by atoms with Crippen molar-refractivity contribution in [2.24, 2.45) is 0 Å². The van der Waals surface area contributed by atoms with Crippen LogP contribution in [0.25, 0.3) is 0 Å². The van der Waals surface area contributed by atoms with Gasteiger partial charge in [-0.05, 0) is 38.0 Å². The van der Waals surface area contributed by atoms with Crippen LogP contribution in [0.5, 0.6) is 0 Å². The zero-order valence-electron chi connectivity index (χ0n) is 10.7. The summed E-state index contributed by atoms with van der Waals surface area (Å²) < 4.78 is 0. The van der Waals surface area contributed by atoms with E-state index in [2.05, 4.69) is 15.3 Å². The van der Waals surface area contributed by atoms with Crippen molar-refractivity contribution < 1.29 is 4.79 Å². The van der Waals surface area contributed by atoms with Crippen molar-refractivity contribution in [3.8, 4) is 0 Å². The van der Waals surface area contributed by atoms with E-state index in [1.165, 1.54) is 12.4 Å². The van der Waals surface area contributed by atoms with Crippen LogP contribution in [0.15, 0.2) is 30.6 Å². The Hall–Kier alpha value is -2.23. The number of carbonyl (C=O) groups is 1. The van der Waals surface area contributed by atoms with Gasteiger partial charge in [-0.25, -0.2) is 9.97 Å². The van der Waals surface area contributed by atoms with Gasteiger partial charge in [0.2, 0.25) is 0 Å². The maximum Gasteiger partial charge on any atom is 0.258 e. The third-order valence-electron chi connectivity index (χ3n) is 2.90. The van der Waals surface area contributed by atoms with E-state index < -0.39 is 0 Å². The van der Waals surface area contributed by atoms with Crippen LogP contribution < -0.4 is 5.32 Å². The number of hydrogen-bond donors (Lipinski definition) is 1. The quantitative estimate of drug-likeness (QED) is 0.879. The van der Waals surface area contributed by atoms with Crippen LogP contribution in [-0.4, -0.2) is 15.9 Å². The largest absolute Gasteiger partial charge is 0.322 e. The van der Waals surface area contributed by atoms with Crippen LogP contribution in [0.3, 0.4) is 0 Å². The van der Waals surface area contributed by atoms with Crippen LogP contribution in [0.2, 0.25) is 0 Å². The van der Waals surface area contributed by atoms with E-state index in [0.717, 1.165) is 16.8 Å². The number of benzene rings is 1. The SMILES string of the molecule is Cc1ncc(C(=O)Nc2cccc(C)c2C)cn1. The Morgan fingerprint density at radius 3 is 2.44 bits per heavy atom. The Morgan fingerprint density at radius 1 is 1.11 bits per heavy atom. The summed E-state index contributed by atoms with van der Waals surface area (Å²) in [4.78, 5) is 20.0. The van der Waals surface area contributed by atoms with E-state index in [1.807, 2.05) is 32.0 Å². The second-order valence-corrected chi connectivity index (χ2v) is 4.22. The number of anilines is 1. The normalized spacial score (nSPS) is 10.2. The molecule has 2 rings (SSSR count). The van der Waals surface area contributed by atoms with Gasteiger partial charge < -0.3 is 5.32 Å². The molecule has 18 heavy (non-hydrogen) atoms. The standard InChI is InChI=1S/C14H15N3O/c1-9-5-4-6-13(10(9)2)17-14(18)12-7-15-11(3)16-8-12/h4-8H,1-3H3,(H,17,18). The molecule has 0 aliphatic rings. The lowest BCUT2D eigenvalue weighted by Crippen LogP contribution is -2.14. The highest BCUT2D eigenvalue weighted by molar-refractivity contribution is 6.04. The van der Waals surface area contributed by atoms with E-state index in [0.29, 0.717) is 11.4 Å². The van der Waals surface area contributed by atoms with Crippen LogP contribution in [0.1, 0.15) is 27.3 Å². The summed E-state index contributed by atoms with van der Waals surface area (Å²) in [6.07, 6.45) is 3.06. The van der Waals surface area contributed by atoms with E-state index in [-0.39, 0.29) is 5.91 Å². The van der Waals surface area contributed by atoms with Gasteiger partial charge in [0, 0.05) is 18.1 Å². The first-order valence-electron chi connectivity index (χ1n) is 5.74. The fraction of sp³-hybridized carbons (Fsp3) is 0.214. The molecule has 0 radical (unpaired) electrons. The second-order valence-electron chi connectivity index (χ2n) is 4.22. The number of aryl methyl sites for hydroxylation is 2. The number of hydrogen-bond acceptors (Lipinski definition) is 3. The molecule has 0 saturated carbocycles. The van der Waals surface area contributed by atoms with Crippen molar-refractivity contribution in [2.75, 3.05) is 5.32 Å². The minimum absolute atomic E-state index is 0.191. The van der Waals surface area contributed by atoms with Crippen molar-refractivity contribution in [2.45, 2.75) is 20.8 Å². The van der Waals surface area contributed by atoms with E-state index >= 15 is 0 Å². The summed E-state index contributed by atoms with van der Waals surface area (Å²) in [5, 5.41) is 2.87. The van der Waals surface area contributed by atoms with Gasteiger partial charge in [0.1, 0.15) is 5.82 Å². The Labute approximate surface area is 106 Å². The Morgan fingerprint density at radius 2 is 1.78 bits per heavy atom. The minimum Gasteiger partial charge on any atom is -0.322 e. The minimum atomic E-state index is -0.191. The van der Waals surface area contributed by atoms with Crippen molar-refractivity contribution >= 4 is 11.6 Å². The Bertz CT molecular complexity index is 576. The lowest BCUT2D eigenvalue weighted by molar-refractivity contribution is 0.102. The molecule has 0 aliphatic carbocycles. The van der Waals surface area contributed by atoms with Gasteiger partial charge in [0.05, 0.1) is 5.56 Å². The molecule has 0 atom stereocenters. The maximum atomic E-state index is 12.0. The average molecular weight is 241 g/mol. The summed E-state index contributed by atoms with van der Waals surface area (Å²) in [6.45, 7) is 5.78. The van der Waals surface area contributed by atoms with E-state index in [9.17, 15) is 4.79 Å². The van der Waals surface area contributed by atoms with Crippen molar-refractivity contribution in [1.82, 2.24) is 9.97 Å². The van der Waals surface area contributed by atoms with Crippen LogP contribution in [-0.2, 0) is 0 Å². The van der Waals surface area contributed by atoms with Gasteiger partial charge in [0.15, 0.2) is 0 Å². The summed E-state index contributed by atoms with van der Waals surface area (Å²) >= 11 is 0. The van der Waals surface area contributed by atoms with Gasteiger partial charge in [-0.1, -0.05) is 12.1 Å². The zero-order valence-corrected chi connectivity index (χ0v) is 10.7. The molecule has 1 heterocycles. The monoisotopic (exact) mass is 241 g/mol. The van der Waals surface area contributed by atoms with Crippen molar-refractivity contribution in [1.29, 1.82) is 0 Å². The predicted molar refractivity (Wildman–Crippen MR) is 70.6 cm³/mol. The maximum absolute atomic E-state index is 12.0. The molecule has 4 heteroatoms. The number of nitrogens with zero attached hydrogens (tertiary/aromatic N) is 2. The molecule has 1 N–H and O–H groups in total. The fourth-order valence-corrected chi connectivity index (χ4v) is 1.59. The summed E-state index contributed by atoms with van der Waals surface area (Å²) in [7, 11) is 0. The summed E-state index contributed by atoms with van der Waals surface area (Å²) in [5.41, 5.74) is 3.49. The molecule has 4 nitrogen and oxygen atoms in total. The van der Waals surface area contributed by atoms with Crippen LogP contribution in [0.4, 0.5) is 5.69 Å². The summed E-state index contributed by atoms with van der Waals surface area (Å²) in [5.74, 6) is 0.460. The molecular formula is C14H15N3O. The van der Waals surface area contributed by atoms with Gasteiger partial charge in [-0.2, -0.15) is 0 Å². The zero-order chi connectivity index (χ0) is 13.1. The van der Waals surface area contributed by atoms with E-state index in [4.69, 9.17) is 0 Å². The van der Waals surface area contributed by atoms with Crippen molar-refractivity contribution in [3.63, 3.8) is 0 Å². The Kier molecular flexibility index (Phi) is 3.37. The number of carbonyl (C=O) groups excluding carboxylic acids is 1. The lowest BCUT2D eigenvalue weighted by Gasteiger charge is -2.10. The first kappa shape index (κ1) is 12.2. The first-order chi connectivity index (χ1) is 8.58. The lowest BCUT2D eigenvalue weighted by atomic mass is 10.1. The smallest absolute Gasteiger partial charge is 0.258 e. The number of aromatic nitrogens is 2. The molecule has 2 aromatic rings. The molecule has 0 fully saturated rings. The summed E-state index contributed by atoms with van der Waals surface area (Å²) in [6, 6.07) is 5.82. The predicted octanol–water partition coefficient (Wildman–Crippen LogP) is 2.65.